The van der Waals surface area contributed by atoms with E-state index in [2.05, 4.69) is 20.9 Å². The number of aromatic amines is 1. The van der Waals surface area contributed by atoms with Crippen LogP contribution in [-0.4, -0.2) is 10.8 Å². The van der Waals surface area contributed by atoms with Crippen molar-refractivity contribution in [3.63, 3.8) is 0 Å². The van der Waals surface area contributed by atoms with Crippen molar-refractivity contribution in [2.45, 2.75) is 6.92 Å². The molecule has 3 nitrogen and oxygen atoms in total. The molecule has 0 unspecified atom stereocenters. The first-order valence-corrected chi connectivity index (χ1v) is 4.26. The van der Waals surface area contributed by atoms with E-state index >= 15 is 0 Å². The Kier molecular flexibility index (Phi) is 1.58. The molecule has 12 heavy (non-hydrogen) atoms. The van der Waals surface area contributed by atoms with E-state index in [4.69, 9.17) is 4.42 Å². The smallest absolute Gasteiger partial charge is 0.196 e. The molecule has 2 aromatic rings. The largest absolute Gasteiger partial charge is 0.450 e. The van der Waals surface area contributed by atoms with Gasteiger partial charge in [0.15, 0.2) is 17.1 Å². The van der Waals surface area contributed by atoms with Crippen LogP contribution < -0.4 is 0 Å². The third kappa shape index (κ3) is 0.914. The number of Topliss-reactive ketones (excluding diaryl/α,β-unsaturated/α-hetero) is 1. The number of ketones is 1. The fourth-order valence-corrected chi connectivity index (χ4v) is 1.78. The lowest BCUT2D eigenvalue weighted by Crippen LogP contribution is -1.88. The standard InChI is InChI=1S/C8H6BrNO2/c1-4(11)8-6(9)7-5(12-8)2-3-10-7/h2-3,10H,1H3. The van der Waals surface area contributed by atoms with Crippen molar-refractivity contribution in [2.75, 3.05) is 0 Å². The molecule has 2 aromatic heterocycles. The van der Waals surface area contributed by atoms with Gasteiger partial charge >= 0.3 is 0 Å². The molecule has 0 aliphatic rings. The molecule has 0 radical (unpaired) electrons. The number of carbonyl (C=O) groups is 1. The molecule has 0 spiro atoms. The Balaban J connectivity index is 2.78. The van der Waals surface area contributed by atoms with Gasteiger partial charge in [0.1, 0.15) is 0 Å². The summed E-state index contributed by atoms with van der Waals surface area (Å²) >= 11 is 3.29. The van der Waals surface area contributed by atoms with Crippen LogP contribution in [0.1, 0.15) is 17.5 Å². The van der Waals surface area contributed by atoms with Gasteiger partial charge in [0.25, 0.3) is 0 Å². The highest BCUT2D eigenvalue weighted by Crippen LogP contribution is 2.29. The van der Waals surface area contributed by atoms with E-state index < -0.39 is 0 Å². The lowest BCUT2D eigenvalue weighted by molar-refractivity contribution is 0.0988. The zero-order chi connectivity index (χ0) is 8.72. The molecule has 0 bridgehead atoms. The molecule has 4 heteroatoms. The van der Waals surface area contributed by atoms with Crippen LogP contribution in [-0.2, 0) is 0 Å². The van der Waals surface area contributed by atoms with Crippen LogP contribution in [0.15, 0.2) is 21.2 Å². The van der Waals surface area contributed by atoms with Crippen LogP contribution in [0.25, 0.3) is 11.1 Å². The summed E-state index contributed by atoms with van der Waals surface area (Å²) in [5, 5.41) is 0. The second kappa shape index (κ2) is 2.48. The van der Waals surface area contributed by atoms with E-state index in [9.17, 15) is 4.79 Å². The lowest BCUT2D eigenvalue weighted by Gasteiger charge is -1.86. The van der Waals surface area contributed by atoms with Gasteiger partial charge in [-0.2, -0.15) is 0 Å². The number of rotatable bonds is 1. The van der Waals surface area contributed by atoms with E-state index in [1.807, 2.05) is 0 Å². The Morgan fingerprint density at radius 3 is 3.00 bits per heavy atom. The normalized spacial score (nSPS) is 10.8. The second-order valence-corrected chi connectivity index (χ2v) is 3.31. The number of furan rings is 1. The summed E-state index contributed by atoms with van der Waals surface area (Å²) in [4.78, 5) is 14.0. The minimum Gasteiger partial charge on any atom is -0.450 e. The van der Waals surface area contributed by atoms with Crippen molar-refractivity contribution in [1.82, 2.24) is 4.98 Å². The Morgan fingerprint density at radius 1 is 1.67 bits per heavy atom. The fraction of sp³-hybridized carbons (Fsp3) is 0.125. The van der Waals surface area contributed by atoms with Gasteiger partial charge in [-0.25, -0.2) is 0 Å². The zero-order valence-corrected chi connectivity index (χ0v) is 7.94. The fourth-order valence-electron chi connectivity index (χ4n) is 1.11. The summed E-state index contributed by atoms with van der Waals surface area (Å²) in [7, 11) is 0. The molecule has 2 heterocycles. The summed E-state index contributed by atoms with van der Waals surface area (Å²) < 4.78 is 5.98. The summed E-state index contributed by atoms with van der Waals surface area (Å²) in [6.07, 6.45) is 1.77. The Bertz CT molecular complexity index is 441. The van der Waals surface area contributed by atoms with Gasteiger partial charge in [0, 0.05) is 13.1 Å². The molecular weight excluding hydrogens is 222 g/mol. The van der Waals surface area contributed by atoms with Crippen molar-refractivity contribution in [3.8, 4) is 0 Å². The van der Waals surface area contributed by atoms with E-state index in [-0.39, 0.29) is 5.78 Å². The first-order valence-electron chi connectivity index (χ1n) is 3.46. The molecule has 0 saturated carbocycles. The topological polar surface area (TPSA) is 46.0 Å². The summed E-state index contributed by atoms with van der Waals surface area (Å²) in [6.45, 7) is 1.47. The molecule has 2 rings (SSSR count). The number of hydrogen-bond acceptors (Lipinski definition) is 2. The summed E-state index contributed by atoms with van der Waals surface area (Å²) in [5.41, 5.74) is 1.53. The first-order chi connectivity index (χ1) is 5.70. The summed E-state index contributed by atoms with van der Waals surface area (Å²) in [5.74, 6) is 0.295. The van der Waals surface area contributed by atoms with Gasteiger partial charge in [0.2, 0.25) is 0 Å². The maximum atomic E-state index is 11.0. The Hall–Kier alpha value is -1.03. The SMILES string of the molecule is CC(=O)c1oc2cc[nH]c2c1Br. The van der Waals surface area contributed by atoms with E-state index in [1.54, 1.807) is 12.3 Å². The van der Waals surface area contributed by atoms with Crippen molar-refractivity contribution in [1.29, 1.82) is 0 Å². The van der Waals surface area contributed by atoms with Gasteiger partial charge in [-0.3, -0.25) is 4.79 Å². The number of nitrogens with one attached hydrogen (secondary N) is 1. The van der Waals surface area contributed by atoms with Crippen molar-refractivity contribution < 1.29 is 9.21 Å². The number of aromatic nitrogens is 1. The molecule has 1 N–H and O–H groups in total. The molecule has 0 aliphatic carbocycles. The van der Waals surface area contributed by atoms with Crippen LogP contribution in [0.3, 0.4) is 0 Å². The van der Waals surface area contributed by atoms with Gasteiger partial charge in [0.05, 0.1) is 9.99 Å². The van der Waals surface area contributed by atoms with Gasteiger partial charge in [-0.15, -0.1) is 0 Å². The van der Waals surface area contributed by atoms with E-state index in [0.29, 0.717) is 15.8 Å². The maximum Gasteiger partial charge on any atom is 0.196 e. The molecule has 0 aliphatic heterocycles. The number of carbonyl (C=O) groups excluding carboxylic acids is 1. The number of H-pyrrole nitrogens is 1. The van der Waals surface area contributed by atoms with E-state index in [1.165, 1.54) is 6.92 Å². The second-order valence-electron chi connectivity index (χ2n) is 2.52. The summed E-state index contributed by atoms with van der Waals surface area (Å²) in [6, 6.07) is 1.78. The molecule has 0 aromatic carbocycles. The van der Waals surface area contributed by atoms with Crippen LogP contribution in [0.2, 0.25) is 0 Å². The van der Waals surface area contributed by atoms with Crippen LogP contribution in [0.4, 0.5) is 0 Å². The lowest BCUT2D eigenvalue weighted by atomic mass is 10.3. The molecular formula is C8H6BrNO2. The molecule has 0 saturated heterocycles. The third-order valence-corrected chi connectivity index (χ3v) is 2.42. The predicted molar refractivity (Wildman–Crippen MR) is 48.3 cm³/mol. The molecule has 0 amide bonds. The predicted octanol–water partition coefficient (Wildman–Crippen LogP) is 2.73. The van der Waals surface area contributed by atoms with E-state index in [0.717, 1.165) is 5.52 Å². The van der Waals surface area contributed by atoms with Crippen molar-refractivity contribution in [2.24, 2.45) is 0 Å². The molecule has 62 valence electrons. The van der Waals surface area contributed by atoms with Gasteiger partial charge < -0.3 is 9.40 Å². The number of halogens is 1. The molecule has 0 fully saturated rings. The van der Waals surface area contributed by atoms with Crippen molar-refractivity contribution >= 4 is 32.8 Å². The highest BCUT2D eigenvalue weighted by molar-refractivity contribution is 9.10. The minimum atomic E-state index is -0.0773. The first kappa shape index (κ1) is 7.61. The quantitative estimate of drug-likeness (QED) is 0.762. The highest BCUT2D eigenvalue weighted by Gasteiger charge is 2.15. The molecule has 0 atom stereocenters. The Labute approximate surface area is 76.9 Å². The van der Waals surface area contributed by atoms with Gasteiger partial charge in [-0.1, -0.05) is 0 Å². The van der Waals surface area contributed by atoms with Gasteiger partial charge in [-0.05, 0) is 22.0 Å². The average molecular weight is 228 g/mol. The van der Waals surface area contributed by atoms with Crippen LogP contribution >= 0.6 is 15.9 Å². The Morgan fingerprint density at radius 2 is 2.42 bits per heavy atom. The number of hydrogen-bond donors (Lipinski definition) is 1. The van der Waals surface area contributed by atoms with Crippen LogP contribution in [0, 0.1) is 0 Å². The zero-order valence-electron chi connectivity index (χ0n) is 6.35. The third-order valence-electron chi connectivity index (χ3n) is 1.66. The number of fused-ring (bicyclic) bond motifs is 1. The van der Waals surface area contributed by atoms with Crippen molar-refractivity contribution in [3.05, 3.63) is 22.5 Å². The maximum absolute atomic E-state index is 11.0. The van der Waals surface area contributed by atoms with Crippen LogP contribution in [0.5, 0.6) is 0 Å². The minimum absolute atomic E-state index is 0.0773. The monoisotopic (exact) mass is 227 g/mol. The average Bonchev–Trinajstić information content (AvgIpc) is 2.53. The highest BCUT2D eigenvalue weighted by atomic mass is 79.9.